The van der Waals surface area contributed by atoms with Crippen molar-refractivity contribution < 1.29 is 19.1 Å². The van der Waals surface area contributed by atoms with Crippen LogP contribution in [-0.2, 0) is 9.53 Å². The van der Waals surface area contributed by atoms with Gasteiger partial charge in [0.15, 0.2) is 5.69 Å². The van der Waals surface area contributed by atoms with E-state index in [0.717, 1.165) is 18.5 Å². The predicted molar refractivity (Wildman–Crippen MR) is 112 cm³/mol. The summed E-state index contributed by atoms with van der Waals surface area (Å²) in [6.07, 6.45) is 3.84. The number of nitrogens with zero attached hydrogens (tertiary/aromatic N) is 3. The highest BCUT2D eigenvalue weighted by atomic mass is 16.5. The van der Waals surface area contributed by atoms with E-state index in [1.165, 1.54) is 0 Å². The van der Waals surface area contributed by atoms with Crippen molar-refractivity contribution >= 4 is 23.6 Å². The fourth-order valence-corrected chi connectivity index (χ4v) is 3.29. The largest absolute Gasteiger partial charge is 0.461 e. The number of anilines is 1. The Morgan fingerprint density at radius 2 is 1.93 bits per heavy atom. The molecule has 0 bridgehead atoms. The number of ether oxygens (including phenoxy) is 1. The molecule has 1 fully saturated rings. The number of rotatable bonds is 6. The van der Waals surface area contributed by atoms with Gasteiger partial charge in [-0.3, -0.25) is 4.79 Å². The number of amides is 3. The molecule has 0 radical (unpaired) electrons. The van der Waals surface area contributed by atoms with E-state index in [4.69, 9.17) is 4.74 Å². The molecule has 160 valence electrons. The molecule has 1 aromatic carbocycles. The molecule has 2 heterocycles. The second-order valence-corrected chi connectivity index (χ2v) is 7.05. The monoisotopic (exact) mass is 413 g/mol. The zero-order chi connectivity index (χ0) is 21.5. The number of aromatic nitrogens is 2. The molecular weight excluding hydrogens is 386 g/mol. The van der Waals surface area contributed by atoms with E-state index in [-0.39, 0.29) is 23.7 Å². The maximum atomic E-state index is 12.6. The third kappa shape index (κ3) is 5.37. The summed E-state index contributed by atoms with van der Waals surface area (Å²) in [6.45, 7) is 5.01. The van der Waals surface area contributed by atoms with Gasteiger partial charge in [-0.15, -0.1) is 0 Å². The normalized spacial score (nSPS) is 16.1. The number of esters is 1. The third-order valence-electron chi connectivity index (χ3n) is 4.85. The molecule has 3 amide bonds. The minimum Gasteiger partial charge on any atom is -0.461 e. The van der Waals surface area contributed by atoms with Crippen molar-refractivity contribution in [1.29, 1.82) is 0 Å². The van der Waals surface area contributed by atoms with Crippen molar-refractivity contribution in [2.24, 2.45) is 0 Å². The minimum absolute atomic E-state index is 0.00239. The van der Waals surface area contributed by atoms with Gasteiger partial charge in [-0.25, -0.2) is 14.3 Å². The van der Waals surface area contributed by atoms with Crippen LogP contribution >= 0.6 is 0 Å². The van der Waals surface area contributed by atoms with Crippen LogP contribution in [0.1, 0.15) is 43.6 Å². The molecule has 2 N–H and O–H groups in total. The lowest BCUT2D eigenvalue weighted by molar-refractivity contribution is -0.121. The lowest BCUT2D eigenvalue weighted by Crippen LogP contribution is -2.50. The van der Waals surface area contributed by atoms with Crippen LogP contribution in [0.4, 0.5) is 10.5 Å². The van der Waals surface area contributed by atoms with E-state index in [0.29, 0.717) is 31.8 Å². The molecular formula is C21H27N5O4. The van der Waals surface area contributed by atoms with Crippen LogP contribution in [-0.4, -0.2) is 58.3 Å². The van der Waals surface area contributed by atoms with Crippen molar-refractivity contribution in [3.05, 3.63) is 42.2 Å². The van der Waals surface area contributed by atoms with Crippen molar-refractivity contribution in [2.75, 3.05) is 25.0 Å². The van der Waals surface area contributed by atoms with Gasteiger partial charge in [0, 0.05) is 37.4 Å². The Morgan fingerprint density at radius 3 is 2.63 bits per heavy atom. The van der Waals surface area contributed by atoms with E-state index in [1.54, 1.807) is 53.0 Å². The van der Waals surface area contributed by atoms with Crippen LogP contribution in [0.5, 0.6) is 0 Å². The van der Waals surface area contributed by atoms with Crippen molar-refractivity contribution in [3.63, 3.8) is 0 Å². The summed E-state index contributed by atoms with van der Waals surface area (Å²) in [5, 5.41) is 10.1. The number of carbonyl (C=O) groups is 3. The van der Waals surface area contributed by atoms with Crippen molar-refractivity contribution in [2.45, 2.75) is 39.2 Å². The molecule has 1 aromatic heterocycles. The Kier molecular flexibility index (Phi) is 7.05. The first-order valence-corrected chi connectivity index (χ1v) is 10.2. The number of hydrogen-bond acceptors (Lipinski definition) is 5. The first-order chi connectivity index (χ1) is 14.5. The Labute approximate surface area is 175 Å². The van der Waals surface area contributed by atoms with Gasteiger partial charge in [0.25, 0.3) is 0 Å². The maximum absolute atomic E-state index is 12.6. The molecule has 9 nitrogen and oxygen atoms in total. The number of nitrogens with one attached hydrogen (secondary N) is 2. The predicted octanol–water partition coefficient (Wildman–Crippen LogP) is 2.57. The van der Waals surface area contributed by atoms with Gasteiger partial charge in [-0.05, 0) is 50.1 Å². The first-order valence-electron chi connectivity index (χ1n) is 10.2. The average molecular weight is 413 g/mol. The Bertz CT molecular complexity index is 893. The fourth-order valence-electron chi connectivity index (χ4n) is 3.29. The van der Waals surface area contributed by atoms with Gasteiger partial charge in [0.1, 0.15) is 0 Å². The van der Waals surface area contributed by atoms with Gasteiger partial charge in [-0.2, -0.15) is 5.10 Å². The van der Waals surface area contributed by atoms with Crippen molar-refractivity contribution in [3.8, 4) is 5.69 Å². The van der Waals surface area contributed by atoms with Crippen LogP contribution in [0.3, 0.4) is 0 Å². The zero-order valence-electron chi connectivity index (χ0n) is 17.3. The van der Waals surface area contributed by atoms with Gasteiger partial charge >= 0.3 is 12.0 Å². The summed E-state index contributed by atoms with van der Waals surface area (Å²) in [5.74, 6) is -0.460. The summed E-state index contributed by atoms with van der Waals surface area (Å²) in [5.41, 5.74) is 1.65. The molecule has 1 unspecified atom stereocenters. The third-order valence-corrected chi connectivity index (χ3v) is 4.85. The second kappa shape index (κ2) is 9.91. The van der Waals surface area contributed by atoms with Crippen LogP contribution in [0.25, 0.3) is 5.69 Å². The van der Waals surface area contributed by atoms with E-state index >= 15 is 0 Å². The van der Waals surface area contributed by atoms with E-state index in [2.05, 4.69) is 15.7 Å². The summed E-state index contributed by atoms with van der Waals surface area (Å²) in [4.78, 5) is 37.7. The van der Waals surface area contributed by atoms with Crippen LogP contribution in [0.15, 0.2) is 36.5 Å². The number of benzene rings is 1. The van der Waals surface area contributed by atoms with Crippen molar-refractivity contribution in [1.82, 2.24) is 20.0 Å². The lowest BCUT2D eigenvalue weighted by atomic mass is 10.1. The lowest BCUT2D eigenvalue weighted by Gasteiger charge is -2.33. The van der Waals surface area contributed by atoms with Crippen LogP contribution < -0.4 is 10.6 Å². The molecule has 3 rings (SSSR count). The Hall–Kier alpha value is -3.36. The van der Waals surface area contributed by atoms with Gasteiger partial charge in [-0.1, -0.05) is 6.92 Å². The van der Waals surface area contributed by atoms with Crippen LogP contribution in [0.2, 0.25) is 0 Å². The standard InChI is InChI=1S/C21H27N5O4/c1-3-19(27)22-16-6-5-12-25(14-16)21(29)23-15-7-9-17(10-8-15)26-13-11-18(24-26)20(28)30-4-2/h7-11,13,16H,3-6,12,14H2,1-2H3,(H,22,27)(H,23,29). The number of carbonyl (C=O) groups excluding carboxylic acids is 3. The number of hydrogen-bond donors (Lipinski definition) is 2. The smallest absolute Gasteiger partial charge is 0.358 e. The SMILES string of the molecule is CCOC(=O)c1ccn(-c2ccc(NC(=O)N3CCCC(NC(=O)CC)C3)cc2)n1. The summed E-state index contributed by atoms with van der Waals surface area (Å²) < 4.78 is 6.52. The maximum Gasteiger partial charge on any atom is 0.358 e. The quantitative estimate of drug-likeness (QED) is 0.708. The van der Waals surface area contributed by atoms with Gasteiger partial charge in [0.2, 0.25) is 5.91 Å². The molecule has 30 heavy (non-hydrogen) atoms. The molecule has 2 aromatic rings. The average Bonchev–Trinajstić information content (AvgIpc) is 3.25. The number of piperidine rings is 1. The summed E-state index contributed by atoms with van der Waals surface area (Å²) in [6, 6.07) is 8.56. The van der Waals surface area contributed by atoms with Gasteiger partial charge < -0.3 is 20.3 Å². The summed E-state index contributed by atoms with van der Waals surface area (Å²) in [7, 11) is 0. The molecule has 0 aliphatic carbocycles. The van der Waals surface area contributed by atoms with E-state index in [9.17, 15) is 14.4 Å². The molecule has 0 saturated carbocycles. The molecule has 1 saturated heterocycles. The number of urea groups is 1. The second-order valence-electron chi connectivity index (χ2n) is 7.05. The molecule has 0 spiro atoms. The van der Waals surface area contributed by atoms with Gasteiger partial charge in [0.05, 0.1) is 12.3 Å². The summed E-state index contributed by atoms with van der Waals surface area (Å²) >= 11 is 0. The zero-order valence-corrected chi connectivity index (χ0v) is 17.3. The highest BCUT2D eigenvalue weighted by Crippen LogP contribution is 2.16. The number of likely N-dealkylation sites (tertiary alicyclic amines) is 1. The molecule has 1 aliphatic rings. The fraction of sp³-hybridized carbons (Fsp3) is 0.429. The molecule has 1 atom stereocenters. The highest BCUT2D eigenvalue weighted by Gasteiger charge is 2.24. The Balaban J connectivity index is 1.58. The topological polar surface area (TPSA) is 106 Å². The van der Waals surface area contributed by atoms with Crippen LogP contribution in [0, 0.1) is 0 Å². The first kappa shape index (κ1) is 21.4. The Morgan fingerprint density at radius 1 is 1.17 bits per heavy atom. The highest BCUT2D eigenvalue weighted by molar-refractivity contribution is 5.89. The molecule has 9 heteroatoms. The minimum atomic E-state index is -0.463. The van der Waals surface area contributed by atoms with E-state index < -0.39 is 5.97 Å². The molecule has 1 aliphatic heterocycles. The van der Waals surface area contributed by atoms with E-state index in [1.807, 2.05) is 6.92 Å².